The van der Waals surface area contributed by atoms with Crippen molar-refractivity contribution in [1.82, 2.24) is 9.47 Å². The molecule has 4 aromatic rings. The minimum absolute atomic E-state index is 0.0557. The van der Waals surface area contributed by atoms with Crippen LogP contribution >= 0.6 is 0 Å². The Morgan fingerprint density at radius 3 is 2.54 bits per heavy atom. The number of carbonyl (C=O) groups excluding carboxylic acids is 2. The molecule has 1 atom stereocenters. The molecule has 7 heteroatoms. The van der Waals surface area contributed by atoms with Crippen molar-refractivity contribution in [3.8, 4) is 5.75 Å². The molecule has 1 N–H and O–H groups in total. The van der Waals surface area contributed by atoms with Crippen molar-refractivity contribution in [2.75, 3.05) is 6.61 Å². The molecule has 0 bridgehead atoms. The van der Waals surface area contributed by atoms with Gasteiger partial charge in [-0.05, 0) is 48.9 Å². The molecule has 0 radical (unpaired) electrons. The van der Waals surface area contributed by atoms with Gasteiger partial charge in [0.1, 0.15) is 17.3 Å². The number of ketones is 1. The van der Waals surface area contributed by atoms with Crippen molar-refractivity contribution in [2.45, 2.75) is 25.9 Å². The first kappa shape index (κ1) is 22.5. The van der Waals surface area contributed by atoms with Crippen molar-refractivity contribution in [2.24, 2.45) is 7.05 Å². The molecule has 1 fully saturated rings. The summed E-state index contributed by atoms with van der Waals surface area (Å²) in [4.78, 5) is 28.0. The molecule has 0 saturated carbocycles. The van der Waals surface area contributed by atoms with Gasteiger partial charge in [-0.15, -0.1) is 0 Å². The van der Waals surface area contributed by atoms with Crippen LogP contribution in [0.1, 0.15) is 36.3 Å². The Kier molecular flexibility index (Phi) is 5.91. The van der Waals surface area contributed by atoms with Crippen LogP contribution in [0, 0.1) is 0 Å². The van der Waals surface area contributed by atoms with E-state index in [9.17, 15) is 14.7 Å². The van der Waals surface area contributed by atoms with Crippen molar-refractivity contribution >= 4 is 28.4 Å². The van der Waals surface area contributed by atoms with E-state index in [1.807, 2.05) is 49.0 Å². The molecule has 178 valence electrons. The molecule has 3 heterocycles. The third-order valence-electron chi connectivity index (χ3n) is 6.27. The van der Waals surface area contributed by atoms with E-state index in [-0.39, 0.29) is 17.9 Å². The third kappa shape index (κ3) is 3.99. The lowest BCUT2D eigenvalue weighted by Crippen LogP contribution is -2.29. The van der Waals surface area contributed by atoms with Crippen LogP contribution in [0.4, 0.5) is 0 Å². The Bertz CT molecular complexity index is 1410. The second-order valence-electron chi connectivity index (χ2n) is 8.59. The van der Waals surface area contributed by atoms with Crippen LogP contribution in [0.3, 0.4) is 0 Å². The van der Waals surface area contributed by atoms with Crippen LogP contribution in [0.5, 0.6) is 5.75 Å². The summed E-state index contributed by atoms with van der Waals surface area (Å²) in [5.41, 5.74) is 2.22. The van der Waals surface area contributed by atoms with Crippen LogP contribution < -0.4 is 4.74 Å². The van der Waals surface area contributed by atoms with E-state index in [4.69, 9.17) is 9.15 Å². The van der Waals surface area contributed by atoms with E-state index >= 15 is 0 Å². The predicted molar refractivity (Wildman–Crippen MR) is 132 cm³/mol. The number of furan rings is 1. The zero-order valence-electron chi connectivity index (χ0n) is 19.6. The highest BCUT2D eigenvalue weighted by Gasteiger charge is 2.47. The maximum Gasteiger partial charge on any atom is 0.296 e. The number of nitrogens with zero attached hydrogens (tertiary/aromatic N) is 2. The van der Waals surface area contributed by atoms with Gasteiger partial charge in [0.15, 0.2) is 0 Å². The van der Waals surface area contributed by atoms with E-state index in [2.05, 4.69) is 0 Å². The summed E-state index contributed by atoms with van der Waals surface area (Å²) in [7, 11) is 1.92. The minimum Gasteiger partial charge on any atom is -0.507 e. The minimum atomic E-state index is -0.776. The Balaban J connectivity index is 1.65. The molecule has 1 unspecified atom stereocenters. The first-order valence-corrected chi connectivity index (χ1v) is 11.6. The fourth-order valence-corrected chi connectivity index (χ4v) is 4.61. The largest absolute Gasteiger partial charge is 0.507 e. The number of para-hydroxylation sites is 1. The smallest absolute Gasteiger partial charge is 0.296 e. The number of carbonyl (C=O) groups is 2. The average Bonchev–Trinajstić information content (AvgIpc) is 3.57. The number of Topliss-reactive ketones (excluding diaryl/α,β-unsaturated/α-hetero) is 1. The van der Waals surface area contributed by atoms with Crippen LogP contribution in [0.2, 0.25) is 0 Å². The number of hydrogen-bond donors (Lipinski definition) is 1. The van der Waals surface area contributed by atoms with Gasteiger partial charge in [0.25, 0.3) is 11.7 Å². The molecule has 1 aliphatic heterocycles. The van der Waals surface area contributed by atoms with Crippen molar-refractivity contribution in [1.29, 1.82) is 0 Å². The van der Waals surface area contributed by atoms with E-state index in [0.717, 1.165) is 22.9 Å². The molecule has 5 rings (SSSR count). The van der Waals surface area contributed by atoms with Gasteiger partial charge in [-0.3, -0.25) is 9.59 Å². The van der Waals surface area contributed by atoms with Gasteiger partial charge in [-0.25, -0.2) is 0 Å². The van der Waals surface area contributed by atoms with Crippen molar-refractivity contribution in [3.05, 3.63) is 95.6 Å². The van der Waals surface area contributed by atoms with E-state index in [1.165, 1.54) is 11.2 Å². The van der Waals surface area contributed by atoms with Gasteiger partial charge in [-0.2, -0.15) is 0 Å². The highest BCUT2D eigenvalue weighted by Crippen LogP contribution is 2.43. The first-order valence-electron chi connectivity index (χ1n) is 11.6. The monoisotopic (exact) mass is 470 g/mol. The number of aliphatic hydroxyl groups excluding tert-OH is 1. The molecule has 2 aromatic heterocycles. The summed E-state index contributed by atoms with van der Waals surface area (Å²) in [5, 5.41) is 12.2. The summed E-state index contributed by atoms with van der Waals surface area (Å²) in [6.07, 6.45) is 4.32. The molecular formula is C28H26N2O5. The number of ether oxygens (including phenoxy) is 1. The lowest BCUT2D eigenvalue weighted by atomic mass is 9.95. The first-order chi connectivity index (χ1) is 17.0. The Morgan fingerprint density at radius 2 is 1.83 bits per heavy atom. The van der Waals surface area contributed by atoms with E-state index in [1.54, 1.807) is 36.4 Å². The number of benzene rings is 2. The Labute approximate surface area is 202 Å². The molecule has 2 aromatic carbocycles. The van der Waals surface area contributed by atoms with E-state index < -0.39 is 17.7 Å². The van der Waals surface area contributed by atoms with Crippen molar-refractivity contribution in [3.63, 3.8) is 0 Å². The third-order valence-corrected chi connectivity index (χ3v) is 6.27. The highest BCUT2D eigenvalue weighted by molar-refractivity contribution is 6.46. The van der Waals surface area contributed by atoms with Gasteiger partial charge < -0.3 is 23.7 Å². The number of fused-ring (bicyclic) bond motifs is 1. The number of aryl methyl sites for hydroxylation is 1. The van der Waals surface area contributed by atoms with Crippen LogP contribution in [0.25, 0.3) is 16.7 Å². The number of aromatic nitrogens is 1. The number of amides is 1. The number of rotatable bonds is 7. The fraction of sp³-hybridized carbons (Fsp3) is 0.214. The van der Waals surface area contributed by atoms with Crippen LogP contribution in [-0.4, -0.2) is 32.9 Å². The SMILES string of the molecule is CCCOc1ccc(/C(O)=C2\C(=O)C(=O)N(Cc3ccco3)C2c2cn(C)c3ccccc23)cc1. The zero-order chi connectivity index (χ0) is 24.5. The molecule has 1 amide bonds. The molecule has 0 spiro atoms. The standard InChI is InChI=1S/C28H26N2O5/c1-3-14-34-19-12-10-18(11-13-19)26(31)24-25(22-17-29(2)23-9-5-4-8-21(22)23)30(28(33)27(24)32)16-20-7-6-15-35-20/h4-13,15,17,25,31H,3,14,16H2,1-2H3/b26-24+. The van der Waals surface area contributed by atoms with Crippen molar-refractivity contribution < 1.29 is 23.8 Å². The molecule has 35 heavy (non-hydrogen) atoms. The number of aliphatic hydroxyl groups is 1. The molecule has 7 nitrogen and oxygen atoms in total. The second-order valence-corrected chi connectivity index (χ2v) is 8.59. The summed E-state index contributed by atoms with van der Waals surface area (Å²) in [6.45, 7) is 2.71. The summed E-state index contributed by atoms with van der Waals surface area (Å²) in [5.74, 6) is -0.394. The van der Waals surface area contributed by atoms with Gasteiger partial charge in [0.2, 0.25) is 0 Å². The quantitative estimate of drug-likeness (QED) is 0.229. The lowest BCUT2D eigenvalue weighted by Gasteiger charge is -2.24. The van der Waals surface area contributed by atoms with Gasteiger partial charge in [-0.1, -0.05) is 25.1 Å². The summed E-state index contributed by atoms with van der Waals surface area (Å²) >= 11 is 0. The van der Waals surface area contributed by atoms with E-state index in [0.29, 0.717) is 23.7 Å². The molecule has 1 saturated heterocycles. The molecular weight excluding hydrogens is 444 g/mol. The highest BCUT2D eigenvalue weighted by atomic mass is 16.5. The predicted octanol–water partition coefficient (Wildman–Crippen LogP) is 5.18. The summed E-state index contributed by atoms with van der Waals surface area (Å²) < 4.78 is 13.1. The molecule has 1 aliphatic rings. The van der Waals surface area contributed by atoms with Gasteiger partial charge in [0.05, 0.1) is 31.0 Å². The maximum absolute atomic E-state index is 13.3. The van der Waals surface area contributed by atoms with Crippen LogP contribution in [-0.2, 0) is 23.2 Å². The lowest BCUT2D eigenvalue weighted by molar-refractivity contribution is -0.140. The number of likely N-dealkylation sites (tertiary alicyclic amines) is 1. The fourth-order valence-electron chi connectivity index (χ4n) is 4.61. The Morgan fingerprint density at radius 1 is 1.06 bits per heavy atom. The second kappa shape index (κ2) is 9.18. The topological polar surface area (TPSA) is 84.9 Å². The maximum atomic E-state index is 13.3. The Hall–Kier alpha value is -4.26. The van der Waals surface area contributed by atoms with Crippen LogP contribution in [0.15, 0.2) is 83.1 Å². The molecule has 0 aliphatic carbocycles. The summed E-state index contributed by atoms with van der Waals surface area (Å²) in [6, 6.07) is 17.4. The normalized spacial score (nSPS) is 17.4. The van der Waals surface area contributed by atoms with Gasteiger partial charge in [0, 0.05) is 35.3 Å². The average molecular weight is 471 g/mol. The van der Waals surface area contributed by atoms with Gasteiger partial charge >= 0.3 is 0 Å². The zero-order valence-corrected chi connectivity index (χ0v) is 19.6. The number of hydrogen-bond acceptors (Lipinski definition) is 5.